The third kappa shape index (κ3) is 3.00. The molecule has 0 spiro atoms. The number of rotatable bonds is 5. The van der Waals surface area contributed by atoms with Crippen LogP contribution in [0.3, 0.4) is 0 Å². The van der Waals surface area contributed by atoms with Gasteiger partial charge < -0.3 is 10.3 Å². The fourth-order valence-corrected chi connectivity index (χ4v) is 2.01. The van der Waals surface area contributed by atoms with Crippen LogP contribution in [0.1, 0.15) is 35.3 Å². The largest absolute Gasteiger partial charge is 0.357 e. The molecule has 1 unspecified atom stereocenters. The van der Waals surface area contributed by atoms with Crippen LogP contribution in [-0.2, 0) is 0 Å². The lowest BCUT2D eigenvalue weighted by atomic mass is 9.96. The van der Waals surface area contributed by atoms with Crippen LogP contribution in [0.2, 0.25) is 0 Å². The normalized spacial score (nSPS) is 12.1. The molecule has 1 amide bonds. The third-order valence-corrected chi connectivity index (χ3v) is 3.12. The maximum absolute atomic E-state index is 11.8. The Morgan fingerprint density at radius 1 is 1.22 bits per heavy atom. The minimum absolute atomic E-state index is 0.0469. The molecule has 0 radical (unpaired) electrons. The second-order valence-corrected chi connectivity index (χ2v) is 4.31. The number of hydrogen-bond donors (Lipinski definition) is 2. The van der Waals surface area contributed by atoms with Crippen molar-refractivity contribution in [3.63, 3.8) is 0 Å². The zero-order chi connectivity index (χ0) is 12.8. The lowest BCUT2D eigenvalue weighted by molar-refractivity contribution is 0.0946. The van der Waals surface area contributed by atoms with Gasteiger partial charge >= 0.3 is 0 Å². The van der Waals surface area contributed by atoms with Crippen molar-refractivity contribution in [1.29, 1.82) is 0 Å². The van der Waals surface area contributed by atoms with E-state index < -0.39 is 0 Å². The quantitative estimate of drug-likeness (QED) is 0.832. The summed E-state index contributed by atoms with van der Waals surface area (Å²) in [5.74, 6) is 0.319. The van der Waals surface area contributed by atoms with Gasteiger partial charge in [0.15, 0.2) is 0 Å². The predicted octanol–water partition coefficient (Wildman–Crippen LogP) is 2.94. The Morgan fingerprint density at radius 3 is 2.61 bits per heavy atom. The average Bonchev–Trinajstić information content (AvgIpc) is 2.94. The smallest absolute Gasteiger partial charge is 0.267 e. The van der Waals surface area contributed by atoms with Gasteiger partial charge in [0.25, 0.3) is 5.91 Å². The molecular formula is C15H18N2O. The molecule has 2 N–H and O–H groups in total. The summed E-state index contributed by atoms with van der Waals surface area (Å²) in [6, 6.07) is 13.9. The van der Waals surface area contributed by atoms with E-state index >= 15 is 0 Å². The lowest BCUT2D eigenvalue weighted by Gasteiger charge is -2.15. The first-order valence-corrected chi connectivity index (χ1v) is 6.27. The molecule has 3 nitrogen and oxygen atoms in total. The summed E-state index contributed by atoms with van der Waals surface area (Å²) < 4.78 is 0. The molecule has 94 valence electrons. The van der Waals surface area contributed by atoms with Crippen molar-refractivity contribution < 1.29 is 4.79 Å². The molecule has 2 rings (SSSR count). The van der Waals surface area contributed by atoms with Gasteiger partial charge in [0, 0.05) is 18.7 Å². The number of aromatic amines is 1. The van der Waals surface area contributed by atoms with Crippen molar-refractivity contribution in [1.82, 2.24) is 10.3 Å². The van der Waals surface area contributed by atoms with Gasteiger partial charge in [-0.05, 0) is 24.1 Å². The average molecular weight is 242 g/mol. The van der Waals surface area contributed by atoms with Crippen molar-refractivity contribution in [3.8, 4) is 0 Å². The van der Waals surface area contributed by atoms with Crippen LogP contribution >= 0.6 is 0 Å². The Labute approximate surface area is 107 Å². The Morgan fingerprint density at radius 2 is 2.00 bits per heavy atom. The monoisotopic (exact) mass is 242 g/mol. The molecule has 0 fully saturated rings. The standard InChI is InChI=1S/C15H18N2O/c1-2-12(13-7-4-3-5-8-13)11-17-15(18)14-9-6-10-16-14/h3-10,12,16H,2,11H2,1H3,(H,17,18). The van der Waals surface area contributed by atoms with Crippen molar-refractivity contribution in [3.05, 3.63) is 59.9 Å². The summed E-state index contributed by atoms with van der Waals surface area (Å²) in [6.07, 6.45) is 2.76. The summed E-state index contributed by atoms with van der Waals surface area (Å²) in [5.41, 5.74) is 1.88. The van der Waals surface area contributed by atoms with E-state index in [1.807, 2.05) is 24.3 Å². The molecule has 18 heavy (non-hydrogen) atoms. The van der Waals surface area contributed by atoms with Gasteiger partial charge in [0.2, 0.25) is 0 Å². The van der Waals surface area contributed by atoms with Gasteiger partial charge in [0.1, 0.15) is 5.69 Å². The SMILES string of the molecule is CCC(CNC(=O)c1ccc[nH]1)c1ccccc1. The highest BCUT2D eigenvalue weighted by atomic mass is 16.1. The highest BCUT2D eigenvalue weighted by Crippen LogP contribution is 2.17. The number of hydrogen-bond acceptors (Lipinski definition) is 1. The Hall–Kier alpha value is -2.03. The summed E-state index contributed by atoms with van der Waals surface area (Å²) >= 11 is 0. The van der Waals surface area contributed by atoms with Crippen LogP contribution in [0.25, 0.3) is 0 Å². The first-order chi connectivity index (χ1) is 8.81. The molecule has 3 heteroatoms. The Balaban J connectivity index is 1.94. The van der Waals surface area contributed by atoms with Crippen molar-refractivity contribution >= 4 is 5.91 Å². The number of carbonyl (C=O) groups excluding carboxylic acids is 1. The molecule has 1 aromatic heterocycles. The van der Waals surface area contributed by atoms with E-state index in [1.165, 1.54) is 5.56 Å². The van der Waals surface area contributed by atoms with Crippen LogP contribution < -0.4 is 5.32 Å². The molecular weight excluding hydrogens is 224 g/mol. The highest BCUT2D eigenvalue weighted by Gasteiger charge is 2.11. The lowest BCUT2D eigenvalue weighted by Crippen LogP contribution is -2.28. The van der Waals surface area contributed by atoms with Crippen molar-refractivity contribution in [2.45, 2.75) is 19.3 Å². The molecule has 2 aromatic rings. The molecule has 0 bridgehead atoms. The number of benzene rings is 1. The number of aromatic nitrogens is 1. The summed E-state index contributed by atoms with van der Waals surface area (Å²) in [4.78, 5) is 14.7. The molecule has 1 heterocycles. The molecule has 1 aromatic carbocycles. The zero-order valence-corrected chi connectivity index (χ0v) is 10.5. The van der Waals surface area contributed by atoms with E-state index in [9.17, 15) is 4.79 Å². The number of carbonyl (C=O) groups is 1. The van der Waals surface area contributed by atoms with Crippen LogP contribution in [0.5, 0.6) is 0 Å². The number of amides is 1. The van der Waals surface area contributed by atoms with Gasteiger partial charge in [-0.1, -0.05) is 37.3 Å². The molecule has 0 aliphatic rings. The number of H-pyrrole nitrogens is 1. The first-order valence-electron chi connectivity index (χ1n) is 6.27. The van der Waals surface area contributed by atoms with Gasteiger partial charge in [-0.15, -0.1) is 0 Å². The second-order valence-electron chi connectivity index (χ2n) is 4.31. The molecule has 0 saturated heterocycles. The van der Waals surface area contributed by atoms with Crippen molar-refractivity contribution in [2.75, 3.05) is 6.54 Å². The van der Waals surface area contributed by atoms with Gasteiger partial charge in [0.05, 0.1) is 0 Å². The van der Waals surface area contributed by atoms with Crippen LogP contribution in [0.15, 0.2) is 48.7 Å². The fraction of sp³-hybridized carbons (Fsp3) is 0.267. The minimum atomic E-state index is -0.0469. The summed E-state index contributed by atoms with van der Waals surface area (Å²) in [6.45, 7) is 2.80. The van der Waals surface area contributed by atoms with Gasteiger partial charge in [-0.2, -0.15) is 0 Å². The minimum Gasteiger partial charge on any atom is -0.357 e. The van der Waals surface area contributed by atoms with Crippen LogP contribution in [0.4, 0.5) is 0 Å². The summed E-state index contributed by atoms with van der Waals surface area (Å²) in [5, 5.41) is 2.96. The maximum atomic E-state index is 11.8. The van der Waals surface area contributed by atoms with Crippen molar-refractivity contribution in [2.24, 2.45) is 0 Å². The molecule has 0 saturated carbocycles. The zero-order valence-electron chi connectivity index (χ0n) is 10.5. The first kappa shape index (κ1) is 12.4. The summed E-state index contributed by atoms with van der Waals surface area (Å²) in [7, 11) is 0. The number of nitrogens with one attached hydrogen (secondary N) is 2. The Bertz CT molecular complexity index is 476. The van der Waals surface area contributed by atoms with Crippen LogP contribution in [-0.4, -0.2) is 17.4 Å². The predicted molar refractivity (Wildman–Crippen MR) is 72.6 cm³/mol. The van der Waals surface area contributed by atoms with Gasteiger partial charge in [-0.3, -0.25) is 4.79 Å². The third-order valence-electron chi connectivity index (χ3n) is 3.12. The fourth-order valence-electron chi connectivity index (χ4n) is 2.01. The highest BCUT2D eigenvalue weighted by molar-refractivity contribution is 5.92. The molecule has 1 atom stereocenters. The second kappa shape index (κ2) is 6.05. The van der Waals surface area contributed by atoms with E-state index in [0.29, 0.717) is 18.2 Å². The van der Waals surface area contributed by atoms with Crippen LogP contribution in [0, 0.1) is 0 Å². The van der Waals surface area contributed by atoms with E-state index in [1.54, 1.807) is 12.3 Å². The van der Waals surface area contributed by atoms with E-state index in [0.717, 1.165) is 6.42 Å². The van der Waals surface area contributed by atoms with E-state index in [-0.39, 0.29) is 5.91 Å². The topological polar surface area (TPSA) is 44.9 Å². The maximum Gasteiger partial charge on any atom is 0.267 e. The van der Waals surface area contributed by atoms with E-state index in [4.69, 9.17) is 0 Å². The molecule has 0 aliphatic carbocycles. The molecule has 0 aliphatic heterocycles. The van der Waals surface area contributed by atoms with E-state index in [2.05, 4.69) is 29.4 Å². The Kier molecular flexibility index (Phi) is 4.18. The van der Waals surface area contributed by atoms with Gasteiger partial charge in [-0.25, -0.2) is 0 Å².